The maximum Gasteiger partial charge on any atom is 0.417 e. The molecule has 2 aliphatic rings. The molecule has 32 heavy (non-hydrogen) atoms. The first-order chi connectivity index (χ1) is 15.4. The lowest BCUT2D eigenvalue weighted by Crippen LogP contribution is -2.47. The number of anilines is 1. The number of amides is 1. The van der Waals surface area contributed by atoms with Gasteiger partial charge in [0.2, 0.25) is 0 Å². The van der Waals surface area contributed by atoms with E-state index in [1.165, 1.54) is 6.07 Å². The van der Waals surface area contributed by atoms with Crippen LogP contribution in [-0.2, 0) is 6.18 Å². The molecule has 164 valence electrons. The summed E-state index contributed by atoms with van der Waals surface area (Å²) in [5, 5.41) is 11.0. The van der Waals surface area contributed by atoms with Gasteiger partial charge in [-0.1, -0.05) is 18.2 Å². The first kappa shape index (κ1) is 20.4. The highest BCUT2D eigenvalue weighted by atomic mass is 19.4. The Kier molecular flexibility index (Phi) is 5.03. The first-order valence-corrected chi connectivity index (χ1v) is 10.4. The number of rotatable bonds is 4. The summed E-state index contributed by atoms with van der Waals surface area (Å²) in [7, 11) is 0. The number of alkyl halides is 3. The summed E-state index contributed by atoms with van der Waals surface area (Å²) in [6.45, 7) is 0.672. The summed E-state index contributed by atoms with van der Waals surface area (Å²) < 4.78 is 38.4. The maximum absolute atomic E-state index is 13.5. The number of carbonyl (C=O) groups excluding carboxylic acids is 1. The number of nitrogens with zero attached hydrogens (tertiary/aromatic N) is 4. The van der Waals surface area contributed by atoms with Gasteiger partial charge in [0.05, 0.1) is 24.0 Å². The molecule has 1 saturated carbocycles. The van der Waals surface area contributed by atoms with E-state index in [0.717, 1.165) is 36.2 Å². The van der Waals surface area contributed by atoms with Crippen molar-refractivity contribution < 1.29 is 18.0 Å². The Labute approximate surface area is 182 Å². The lowest BCUT2D eigenvalue weighted by molar-refractivity contribution is -0.137. The third kappa shape index (κ3) is 3.79. The number of carbonyl (C=O) groups is 1. The molecule has 1 N–H and O–H groups in total. The van der Waals surface area contributed by atoms with Crippen LogP contribution in [0.5, 0.6) is 0 Å². The SMILES string of the molecule is O=C(c1ccccc1-c1ccnnc1)N1CC2CC(Nc3ccc(C(F)(F)F)cn3)C1C2. The van der Waals surface area contributed by atoms with Crippen molar-refractivity contribution >= 4 is 11.7 Å². The zero-order chi connectivity index (χ0) is 22.3. The van der Waals surface area contributed by atoms with Crippen LogP contribution < -0.4 is 5.32 Å². The van der Waals surface area contributed by atoms with E-state index in [2.05, 4.69) is 20.5 Å². The Morgan fingerprint density at radius 2 is 1.88 bits per heavy atom. The Hall–Kier alpha value is -3.49. The number of hydrogen-bond acceptors (Lipinski definition) is 5. The second kappa shape index (κ2) is 7.89. The minimum absolute atomic E-state index is 0.0415. The van der Waals surface area contributed by atoms with Crippen molar-refractivity contribution in [1.82, 2.24) is 20.1 Å². The van der Waals surface area contributed by atoms with E-state index < -0.39 is 11.7 Å². The smallest absolute Gasteiger partial charge is 0.365 e. The normalized spacial score (nSPS) is 22.2. The fourth-order valence-electron chi connectivity index (χ4n) is 4.78. The van der Waals surface area contributed by atoms with Crippen LogP contribution in [0.2, 0.25) is 0 Å². The zero-order valence-electron chi connectivity index (χ0n) is 17.0. The number of nitrogens with one attached hydrogen (secondary N) is 1. The molecule has 3 aromatic rings. The highest BCUT2D eigenvalue weighted by Crippen LogP contribution is 2.40. The zero-order valence-corrected chi connectivity index (χ0v) is 17.0. The molecule has 9 heteroatoms. The van der Waals surface area contributed by atoms with Gasteiger partial charge in [-0.05, 0) is 48.6 Å². The number of halogens is 3. The topological polar surface area (TPSA) is 71.0 Å². The maximum atomic E-state index is 13.5. The summed E-state index contributed by atoms with van der Waals surface area (Å²) >= 11 is 0. The van der Waals surface area contributed by atoms with Crippen molar-refractivity contribution in [2.45, 2.75) is 31.1 Å². The van der Waals surface area contributed by atoms with E-state index in [1.54, 1.807) is 12.4 Å². The number of piperidine rings is 1. The highest BCUT2D eigenvalue weighted by Gasteiger charge is 2.47. The van der Waals surface area contributed by atoms with Gasteiger partial charge in [-0.3, -0.25) is 4.79 Å². The molecule has 5 rings (SSSR count). The summed E-state index contributed by atoms with van der Waals surface area (Å²) in [5.41, 5.74) is 1.43. The molecule has 1 amide bonds. The molecule has 1 saturated heterocycles. The average Bonchev–Trinajstić information content (AvgIpc) is 3.40. The van der Waals surface area contributed by atoms with Gasteiger partial charge in [-0.15, -0.1) is 0 Å². The monoisotopic (exact) mass is 439 g/mol. The summed E-state index contributed by atoms with van der Waals surface area (Å²) in [4.78, 5) is 19.3. The number of hydrogen-bond donors (Lipinski definition) is 1. The minimum Gasteiger partial charge on any atom is -0.365 e. The van der Waals surface area contributed by atoms with Crippen LogP contribution in [0.25, 0.3) is 11.1 Å². The second-order valence-electron chi connectivity index (χ2n) is 8.22. The molecule has 2 fully saturated rings. The highest BCUT2D eigenvalue weighted by molar-refractivity contribution is 6.01. The molecule has 0 spiro atoms. The molecule has 3 atom stereocenters. The van der Waals surface area contributed by atoms with Gasteiger partial charge in [-0.25, -0.2) is 4.98 Å². The van der Waals surface area contributed by atoms with E-state index in [9.17, 15) is 18.0 Å². The Balaban J connectivity index is 1.35. The molecule has 3 unspecified atom stereocenters. The van der Waals surface area contributed by atoms with Crippen molar-refractivity contribution in [2.75, 3.05) is 11.9 Å². The standard InChI is InChI=1S/C23H20F3N5O/c24-23(25,26)16-5-6-21(27-12-16)30-19-9-14-10-20(19)31(13-14)22(32)18-4-2-1-3-17(18)15-7-8-28-29-11-15/h1-8,11-12,14,19-20H,9-10,13H2,(H,27,30). The van der Waals surface area contributed by atoms with Crippen LogP contribution in [0.3, 0.4) is 0 Å². The van der Waals surface area contributed by atoms with Crippen molar-refractivity contribution in [3.63, 3.8) is 0 Å². The van der Waals surface area contributed by atoms with E-state index >= 15 is 0 Å². The molecule has 1 aliphatic heterocycles. The van der Waals surface area contributed by atoms with Gasteiger partial charge < -0.3 is 10.2 Å². The van der Waals surface area contributed by atoms with E-state index in [-0.39, 0.29) is 18.0 Å². The van der Waals surface area contributed by atoms with Crippen LogP contribution in [-0.4, -0.2) is 44.6 Å². The number of benzene rings is 1. The predicted octanol–water partition coefficient (Wildman–Crippen LogP) is 4.27. The van der Waals surface area contributed by atoms with Crippen molar-refractivity contribution in [3.05, 3.63) is 72.2 Å². The summed E-state index contributed by atoms with van der Waals surface area (Å²) in [6, 6.07) is 11.5. The number of likely N-dealkylation sites (tertiary alicyclic amines) is 1. The summed E-state index contributed by atoms with van der Waals surface area (Å²) in [6.07, 6.45) is 1.35. The van der Waals surface area contributed by atoms with Gasteiger partial charge in [0.15, 0.2) is 0 Å². The third-order valence-corrected chi connectivity index (χ3v) is 6.22. The van der Waals surface area contributed by atoms with Gasteiger partial charge in [0.25, 0.3) is 5.91 Å². The molecule has 2 aromatic heterocycles. The molecular formula is C23H20F3N5O. The average molecular weight is 439 g/mol. The lowest BCUT2D eigenvalue weighted by Gasteiger charge is -2.34. The molecule has 0 radical (unpaired) electrons. The van der Waals surface area contributed by atoms with Crippen LogP contribution in [0.15, 0.2) is 61.1 Å². The van der Waals surface area contributed by atoms with E-state index in [1.807, 2.05) is 35.2 Å². The van der Waals surface area contributed by atoms with Gasteiger partial charge in [0, 0.05) is 29.9 Å². The Morgan fingerprint density at radius 1 is 1.03 bits per heavy atom. The number of aromatic nitrogens is 3. The molecule has 1 aliphatic carbocycles. The van der Waals surface area contributed by atoms with Crippen LogP contribution >= 0.6 is 0 Å². The lowest BCUT2D eigenvalue weighted by atomic mass is 9.98. The van der Waals surface area contributed by atoms with Crippen molar-refractivity contribution in [1.29, 1.82) is 0 Å². The van der Waals surface area contributed by atoms with Gasteiger partial charge >= 0.3 is 6.18 Å². The fraction of sp³-hybridized carbons (Fsp3) is 0.304. The molecule has 6 nitrogen and oxygen atoms in total. The predicted molar refractivity (Wildman–Crippen MR) is 112 cm³/mol. The van der Waals surface area contributed by atoms with Gasteiger partial charge in [0.1, 0.15) is 5.82 Å². The van der Waals surface area contributed by atoms with Gasteiger partial charge in [-0.2, -0.15) is 23.4 Å². The number of pyridine rings is 1. The number of fused-ring (bicyclic) bond motifs is 2. The third-order valence-electron chi connectivity index (χ3n) is 6.22. The quantitative estimate of drug-likeness (QED) is 0.657. The van der Waals surface area contributed by atoms with Crippen LogP contribution in [0, 0.1) is 5.92 Å². The molecule has 2 bridgehead atoms. The molecule has 3 heterocycles. The molecule has 1 aromatic carbocycles. The fourth-order valence-corrected chi connectivity index (χ4v) is 4.78. The molecular weight excluding hydrogens is 419 g/mol. The van der Waals surface area contributed by atoms with Crippen molar-refractivity contribution in [2.24, 2.45) is 5.92 Å². The largest absolute Gasteiger partial charge is 0.417 e. The van der Waals surface area contributed by atoms with E-state index in [4.69, 9.17) is 0 Å². The Morgan fingerprint density at radius 3 is 2.56 bits per heavy atom. The second-order valence-corrected chi connectivity index (χ2v) is 8.22. The Bertz CT molecular complexity index is 1120. The first-order valence-electron chi connectivity index (χ1n) is 10.4. The summed E-state index contributed by atoms with van der Waals surface area (Å²) in [5.74, 6) is 0.675. The van der Waals surface area contributed by atoms with Crippen LogP contribution in [0.4, 0.5) is 19.0 Å². The van der Waals surface area contributed by atoms with E-state index in [0.29, 0.717) is 23.8 Å². The van der Waals surface area contributed by atoms with Crippen molar-refractivity contribution in [3.8, 4) is 11.1 Å². The minimum atomic E-state index is -4.42. The van der Waals surface area contributed by atoms with Crippen LogP contribution in [0.1, 0.15) is 28.8 Å².